The lowest BCUT2D eigenvalue weighted by Crippen LogP contribution is -2.14. The van der Waals surface area contributed by atoms with E-state index in [9.17, 15) is 26.4 Å². The van der Waals surface area contributed by atoms with Crippen molar-refractivity contribution >= 4 is 15.8 Å². The SMILES string of the molecule is CC(F)(F)c1ccc(S(=O)(=O)n2ccc(CC(=O)c3ccccn3)c2)cc1F. The summed E-state index contributed by atoms with van der Waals surface area (Å²) >= 11 is 0. The van der Waals surface area contributed by atoms with Gasteiger partial charge in [-0.2, -0.15) is 0 Å². The second-order valence-electron chi connectivity index (χ2n) is 6.20. The van der Waals surface area contributed by atoms with Crippen LogP contribution in [-0.2, 0) is 22.4 Å². The van der Waals surface area contributed by atoms with Gasteiger partial charge in [-0.1, -0.05) is 6.07 Å². The number of ketones is 1. The van der Waals surface area contributed by atoms with Crippen LogP contribution >= 0.6 is 0 Å². The second-order valence-corrected chi connectivity index (χ2v) is 8.04. The van der Waals surface area contributed by atoms with Crippen LogP contribution in [0.4, 0.5) is 13.2 Å². The second kappa shape index (κ2) is 7.23. The van der Waals surface area contributed by atoms with Gasteiger partial charge in [0.05, 0.1) is 10.5 Å². The zero-order valence-electron chi connectivity index (χ0n) is 14.6. The summed E-state index contributed by atoms with van der Waals surface area (Å²) in [5.41, 5.74) is -0.228. The first-order valence-corrected chi connectivity index (χ1v) is 9.57. The molecule has 3 aromatic rings. The van der Waals surface area contributed by atoms with Crippen molar-refractivity contribution in [2.45, 2.75) is 24.2 Å². The molecule has 0 radical (unpaired) electrons. The number of pyridine rings is 1. The number of aromatic nitrogens is 2. The van der Waals surface area contributed by atoms with Crippen LogP contribution in [0.2, 0.25) is 0 Å². The number of rotatable bonds is 6. The minimum atomic E-state index is -4.20. The van der Waals surface area contributed by atoms with Crippen LogP contribution < -0.4 is 0 Å². The van der Waals surface area contributed by atoms with E-state index in [0.29, 0.717) is 18.6 Å². The van der Waals surface area contributed by atoms with Crippen molar-refractivity contribution < 1.29 is 26.4 Å². The predicted octanol–water partition coefficient (Wildman–Crippen LogP) is 3.80. The Kier molecular flexibility index (Phi) is 5.12. The van der Waals surface area contributed by atoms with E-state index >= 15 is 0 Å². The van der Waals surface area contributed by atoms with Gasteiger partial charge in [0.2, 0.25) is 0 Å². The summed E-state index contributed by atoms with van der Waals surface area (Å²) in [7, 11) is -4.20. The molecule has 0 saturated heterocycles. The number of Topliss-reactive ketones (excluding diaryl/α,β-unsaturated/α-hetero) is 1. The lowest BCUT2D eigenvalue weighted by molar-refractivity contribution is 0.0136. The van der Waals surface area contributed by atoms with Gasteiger partial charge in [0.15, 0.2) is 5.78 Å². The molecule has 0 N–H and O–H groups in total. The molecule has 1 aromatic carbocycles. The number of benzene rings is 1. The summed E-state index contributed by atoms with van der Waals surface area (Å²) < 4.78 is 66.6. The Morgan fingerprint density at radius 1 is 1.18 bits per heavy atom. The Labute approximate surface area is 159 Å². The smallest absolute Gasteiger partial charge is 0.273 e. The summed E-state index contributed by atoms with van der Waals surface area (Å²) in [6.07, 6.45) is 3.82. The molecule has 0 unspecified atom stereocenters. The Morgan fingerprint density at radius 2 is 1.93 bits per heavy atom. The van der Waals surface area contributed by atoms with Gasteiger partial charge in [-0.3, -0.25) is 9.78 Å². The van der Waals surface area contributed by atoms with Gasteiger partial charge in [-0.25, -0.2) is 25.6 Å². The third kappa shape index (κ3) is 3.99. The van der Waals surface area contributed by atoms with Gasteiger partial charge in [0, 0.05) is 31.9 Å². The molecule has 0 amide bonds. The molecule has 0 fully saturated rings. The molecule has 0 aliphatic heterocycles. The molecule has 0 aliphatic carbocycles. The maximum Gasteiger partial charge on any atom is 0.273 e. The van der Waals surface area contributed by atoms with Crippen LogP contribution in [0.15, 0.2) is 66.0 Å². The van der Waals surface area contributed by atoms with E-state index in [-0.39, 0.29) is 17.9 Å². The minimum Gasteiger partial charge on any atom is -0.292 e. The fourth-order valence-corrected chi connectivity index (χ4v) is 3.84. The number of nitrogens with zero attached hydrogens (tertiary/aromatic N) is 2. The summed E-state index contributed by atoms with van der Waals surface area (Å²) in [6.45, 7) is 0.524. The molecule has 146 valence electrons. The van der Waals surface area contributed by atoms with E-state index in [2.05, 4.69) is 4.98 Å². The van der Waals surface area contributed by atoms with Crippen LogP contribution in [0.25, 0.3) is 0 Å². The maximum absolute atomic E-state index is 14.0. The Hall–Kier alpha value is -2.94. The number of hydrogen-bond acceptors (Lipinski definition) is 4. The molecule has 5 nitrogen and oxygen atoms in total. The van der Waals surface area contributed by atoms with Crippen LogP contribution in [0.5, 0.6) is 0 Å². The molecule has 2 heterocycles. The lowest BCUT2D eigenvalue weighted by Gasteiger charge is -2.13. The molecule has 0 spiro atoms. The van der Waals surface area contributed by atoms with Gasteiger partial charge in [-0.15, -0.1) is 0 Å². The van der Waals surface area contributed by atoms with Crippen LogP contribution in [0.1, 0.15) is 28.5 Å². The number of carbonyl (C=O) groups is 1. The predicted molar refractivity (Wildman–Crippen MR) is 95.3 cm³/mol. The summed E-state index contributed by atoms with van der Waals surface area (Å²) in [6, 6.07) is 8.53. The Morgan fingerprint density at radius 3 is 2.54 bits per heavy atom. The summed E-state index contributed by atoms with van der Waals surface area (Å²) in [5.74, 6) is -5.04. The fourth-order valence-electron chi connectivity index (χ4n) is 2.61. The molecular weight excluding hydrogens is 393 g/mol. The Bertz CT molecular complexity index is 1120. The average molecular weight is 408 g/mol. The molecule has 0 saturated carbocycles. The summed E-state index contributed by atoms with van der Waals surface area (Å²) in [5, 5.41) is 0. The highest BCUT2D eigenvalue weighted by molar-refractivity contribution is 7.90. The third-order valence-corrected chi connectivity index (χ3v) is 5.66. The first-order chi connectivity index (χ1) is 13.1. The minimum absolute atomic E-state index is 0.0745. The van der Waals surface area contributed by atoms with Crippen molar-refractivity contribution in [2.75, 3.05) is 0 Å². The van der Waals surface area contributed by atoms with Gasteiger partial charge < -0.3 is 0 Å². The van der Waals surface area contributed by atoms with E-state index in [4.69, 9.17) is 0 Å². The van der Waals surface area contributed by atoms with E-state index in [1.165, 1.54) is 24.7 Å². The zero-order chi connectivity index (χ0) is 20.5. The molecule has 28 heavy (non-hydrogen) atoms. The third-order valence-electron chi connectivity index (χ3n) is 4.03. The Balaban J connectivity index is 1.86. The number of alkyl halides is 2. The van der Waals surface area contributed by atoms with Crippen LogP contribution in [0.3, 0.4) is 0 Å². The monoisotopic (exact) mass is 408 g/mol. The molecule has 3 rings (SSSR count). The van der Waals surface area contributed by atoms with Crippen molar-refractivity contribution in [3.8, 4) is 0 Å². The fraction of sp³-hybridized carbons (Fsp3) is 0.158. The van der Waals surface area contributed by atoms with Gasteiger partial charge in [0.1, 0.15) is 11.5 Å². The summed E-state index contributed by atoms with van der Waals surface area (Å²) in [4.78, 5) is 15.6. The standard InChI is InChI=1S/C19H15F3N2O3S/c1-19(21,22)15-6-5-14(11-16(15)20)28(26,27)24-9-7-13(12-24)10-18(25)17-4-2-3-8-23-17/h2-9,11-12H,10H2,1H3. The quantitative estimate of drug-likeness (QED) is 0.582. The van der Waals surface area contributed by atoms with Gasteiger partial charge >= 0.3 is 0 Å². The highest BCUT2D eigenvalue weighted by Crippen LogP contribution is 2.30. The molecule has 2 aromatic heterocycles. The maximum atomic E-state index is 14.0. The molecule has 0 aliphatic rings. The van der Waals surface area contributed by atoms with Crippen LogP contribution in [-0.4, -0.2) is 23.2 Å². The number of hydrogen-bond donors (Lipinski definition) is 0. The van der Waals surface area contributed by atoms with E-state index in [0.717, 1.165) is 16.1 Å². The first-order valence-electron chi connectivity index (χ1n) is 8.13. The first kappa shape index (κ1) is 19.8. The molecule has 0 atom stereocenters. The van der Waals surface area contributed by atoms with Crippen LogP contribution in [0, 0.1) is 5.82 Å². The normalized spacial score (nSPS) is 12.1. The highest BCUT2D eigenvalue weighted by atomic mass is 32.2. The van der Waals surface area contributed by atoms with E-state index in [1.54, 1.807) is 18.2 Å². The van der Waals surface area contributed by atoms with Crippen molar-refractivity contribution in [1.29, 1.82) is 0 Å². The highest BCUT2D eigenvalue weighted by Gasteiger charge is 2.29. The number of carbonyl (C=O) groups excluding carboxylic acids is 1. The molecular formula is C19H15F3N2O3S. The average Bonchev–Trinajstić information content (AvgIpc) is 3.10. The molecule has 9 heteroatoms. The lowest BCUT2D eigenvalue weighted by atomic mass is 10.1. The topological polar surface area (TPSA) is 69.0 Å². The van der Waals surface area contributed by atoms with Crippen molar-refractivity contribution in [2.24, 2.45) is 0 Å². The van der Waals surface area contributed by atoms with Gasteiger partial charge in [0.25, 0.3) is 15.9 Å². The largest absolute Gasteiger partial charge is 0.292 e. The van der Waals surface area contributed by atoms with E-state index in [1.807, 2.05) is 0 Å². The van der Waals surface area contributed by atoms with Crippen molar-refractivity contribution in [1.82, 2.24) is 8.96 Å². The number of halogens is 3. The van der Waals surface area contributed by atoms with Crippen molar-refractivity contribution in [3.63, 3.8) is 0 Å². The van der Waals surface area contributed by atoms with Crippen molar-refractivity contribution in [3.05, 3.63) is 83.7 Å². The molecule has 0 bridgehead atoms. The van der Waals surface area contributed by atoms with E-state index < -0.39 is 32.2 Å². The van der Waals surface area contributed by atoms with Gasteiger partial charge in [-0.05, 0) is 42.0 Å². The zero-order valence-corrected chi connectivity index (χ0v) is 15.5.